The molecule has 0 saturated carbocycles. The zero-order valence-electron chi connectivity index (χ0n) is 9.62. The van der Waals surface area contributed by atoms with Gasteiger partial charge in [-0.05, 0) is 20.3 Å². The number of nitrogens with zero attached hydrogens (tertiary/aromatic N) is 1. The number of amides is 2. The summed E-state index contributed by atoms with van der Waals surface area (Å²) in [5, 5.41) is 11.4. The Balaban J connectivity index is 4.20. The second-order valence-corrected chi connectivity index (χ2v) is 3.46. The molecule has 2 amide bonds. The molecule has 0 bridgehead atoms. The Labute approximate surface area is 90.5 Å². The van der Waals surface area contributed by atoms with Crippen molar-refractivity contribution in [1.82, 2.24) is 10.2 Å². The van der Waals surface area contributed by atoms with Crippen molar-refractivity contribution < 1.29 is 14.7 Å². The molecule has 15 heavy (non-hydrogen) atoms. The molecule has 0 aliphatic carbocycles. The normalized spacial score (nSPS) is 11.9. The number of carbonyl (C=O) groups is 2. The van der Waals surface area contributed by atoms with E-state index in [2.05, 4.69) is 5.32 Å². The topological polar surface area (TPSA) is 69.6 Å². The van der Waals surface area contributed by atoms with E-state index in [1.54, 1.807) is 6.92 Å². The predicted octanol–water partition coefficient (Wildman–Crippen LogP) is 1.29. The number of hydrogen-bond acceptors (Lipinski definition) is 2. The third-order valence-corrected chi connectivity index (χ3v) is 2.13. The predicted molar refractivity (Wildman–Crippen MR) is 57.8 cm³/mol. The largest absolute Gasteiger partial charge is 0.481 e. The fourth-order valence-electron chi connectivity index (χ4n) is 1.35. The van der Waals surface area contributed by atoms with E-state index in [1.807, 2.05) is 13.8 Å². The smallest absolute Gasteiger partial charge is 0.317 e. The standard InChI is InChI=1S/C10H20N2O3/c1-4-6-11-10(15)12(5-2)8(3)7-9(13)14/h8H,4-7H2,1-3H3,(H,11,15)(H,13,14). The Bertz CT molecular complexity index is 219. The summed E-state index contributed by atoms with van der Waals surface area (Å²) >= 11 is 0. The van der Waals surface area contributed by atoms with E-state index in [0.717, 1.165) is 6.42 Å². The molecule has 0 aromatic carbocycles. The SMILES string of the molecule is CCCNC(=O)N(CC)C(C)CC(=O)O. The quantitative estimate of drug-likeness (QED) is 0.703. The number of hydrogen-bond donors (Lipinski definition) is 2. The number of rotatable bonds is 6. The molecule has 0 heterocycles. The van der Waals surface area contributed by atoms with Crippen LogP contribution in [0.1, 0.15) is 33.6 Å². The summed E-state index contributed by atoms with van der Waals surface area (Å²) in [7, 11) is 0. The van der Waals surface area contributed by atoms with Gasteiger partial charge in [0.15, 0.2) is 0 Å². The van der Waals surface area contributed by atoms with Crippen LogP contribution in [0.5, 0.6) is 0 Å². The first-order valence-electron chi connectivity index (χ1n) is 5.29. The number of urea groups is 1. The molecule has 0 saturated heterocycles. The van der Waals surface area contributed by atoms with Gasteiger partial charge in [-0.25, -0.2) is 4.79 Å². The molecule has 0 aliphatic heterocycles. The summed E-state index contributed by atoms with van der Waals surface area (Å²) in [5.74, 6) is -0.885. The fraction of sp³-hybridized carbons (Fsp3) is 0.800. The molecule has 88 valence electrons. The molecule has 1 atom stereocenters. The van der Waals surface area contributed by atoms with Crippen LogP contribution in [-0.4, -0.2) is 41.1 Å². The number of carboxylic acids is 1. The minimum absolute atomic E-state index is 0.0205. The van der Waals surface area contributed by atoms with Crippen molar-refractivity contribution in [2.45, 2.75) is 39.7 Å². The van der Waals surface area contributed by atoms with E-state index in [-0.39, 0.29) is 18.5 Å². The molecule has 0 aliphatic rings. The van der Waals surface area contributed by atoms with Crippen molar-refractivity contribution in [3.8, 4) is 0 Å². The highest BCUT2D eigenvalue weighted by Crippen LogP contribution is 2.03. The molecule has 0 fully saturated rings. The lowest BCUT2D eigenvalue weighted by molar-refractivity contribution is -0.138. The minimum Gasteiger partial charge on any atom is -0.481 e. The van der Waals surface area contributed by atoms with Crippen molar-refractivity contribution in [1.29, 1.82) is 0 Å². The van der Waals surface area contributed by atoms with Crippen LogP contribution in [0.2, 0.25) is 0 Å². The maximum absolute atomic E-state index is 11.6. The van der Waals surface area contributed by atoms with Gasteiger partial charge in [0.25, 0.3) is 0 Å². The average molecular weight is 216 g/mol. The summed E-state index contributed by atoms with van der Waals surface area (Å²) in [4.78, 5) is 23.6. The van der Waals surface area contributed by atoms with Gasteiger partial charge in [0, 0.05) is 19.1 Å². The number of carboxylic acid groups (broad SMARTS) is 1. The van der Waals surface area contributed by atoms with Gasteiger partial charge in [0.1, 0.15) is 0 Å². The lowest BCUT2D eigenvalue weighted by Crippen LogP contribution is -2.45. The fourth-order valence-corrected chi connectivity index (χ4v) is 1.35. The van der Waals surface area contributed by atoms with Crippen molar-refractivity contribution >= 4 is 12.0 Å². The monoisotopic (exact) mass is 216 g/mol. The first-order chi connectivity index (χ1) is 7.02. The maximum atomic E-state index is 11.6. The number of aliphatic carboxylic acids is 1. The van der Waals surface area contributed by atoms with Gasteiger partial charge in [0.05, 0.1) is 6.42 Å². The molecule has 2 N–H and O–H groups in total. The summed E-state index contributed by atoms with van der Waals surface area (Å²) < 4.78 is 0. The highest BCUT2D eigenvalue weighted by atomic mass is 16.4. The van der Waals surface area contributed by atoms with Crippen molar-refractivity contribution in [3.63, 3.8) is 0 Å². The molecule has 0 aromatic heterocycles. The first-order valence-corrected chi connectivity index (χ1v) is 5.29. The van der Waals surface area contributed by atoms with Gasteiger partial charge < -0.3 is 15.3 Å². The Morgan fingerprint density at radius 2 is 2.00 bits per heavy atom. The van der Waals surface area contributed by atoms with Crippen molar-refractivity contribution in [2.75, 3.05) is 13.1 Å². The van der Waals surface area contributed by atoms with Crippen molar-refractivity contribution in [2.24, 2.45) is 0 Å². The number of carbonyl (C=O) groups excluding carboxylic acids is 1. The highest BCUT2D eigenvalue weighted by molar-refractivity contribution is 5.75. The van der Waals surface area contributed by atoms with E-state index < -0.39 is 5.97 Å². The van der Waals surface area contributed by atoms with Crippen LogP contribution in [0.4, 0.5) is 4.79 Å². The summed E-state index contributed by atoms with van der Waals surface area (Å²) in [6.45, 7) is 6.68. The summed E-state index contributed by atoms with van der Waals surface area (Å²) in [6.07, 6.45) is 0.851. The molecule has 0 radical (unpaired) electrons. The third kappa shape index (κ3) is 5.24. The minimum atomic E-state index is -0.885. The van der Waals surface area contributed by atoms with Gasteiger partial charge in [-0.2, -0.15) is 0 Å². The van der Waals surface area contributed by atoms with E-state index in [4.69, 9.17) is 5.11 Å². The Morgan fingerprint density at radius 1 is 1.40 bits per heavy atom. The van der Waals surface area contributed by atoms with Crippen LogP contribution >= 0.6 is 0 Å². The number of nitrogens with one attached hydrogen (secondary N) is 1. The summed E-state index contributed by atoms with van der Waals surface area (Å²) in [6, 6.07) is -0.461. The average Bonchev–Trinajstić information content (AvgIpc) is 2.14. The maximum Gasteiger partial charge on any atom is 0.317 e. The second-order valence-electron chi connectivity index (χ2n) is 3.46. The zero-order valence-corrected chi connectivity index (χ0v) is 9.62. The lowest BCUT2D eigenvalue weighted by Gasteiger charge is -2.27. The Morgan fingerprint density at radius 3 is 2.40 bits per heavy atom. The van der Waals surface area contributed by atoms with Gasteiger partial charge in [-0.15, -0.1) is 0 Å². The Hall–Kier alpha value is -1.26. The molecule has 0 aromatic rings. The van der Waals surface area contributed by atoms with E-state index in [0.29, 0.717) is 13.1 Å². The van der Waals surface area contributed by atoms with Crippen LogP contribution < -0.4 is 5.32 Å². The van der Waals surface area contributed by atoms with Crippen molar-refractivity contribution in [3.05, 3.63) is 0 Å². The van der Waals surface area contributed by atoms with Gasteiger partial charge in [-0.1, -0.05) is 6.92 Å². The van der Waals surface area contributed by atoms with Crippen LogP contribution in [0.3, 0.4) is 0 Å². The highest BCUT2D eigenvalue weighted by Gasteiger charge is 2.19. The zero-order chi connectivity index (χ0) is 11.8. The van der Waals surface area contributed by atoms with E-state index in [1.165, 1.54) is 4.90 Å². The first kappa shape index (κ1) is 13.7. The molecule has 0 rings (SSSR count). The van der Waals surface area contributed by atoms with Crippen LogP contribution in [0, 0.1) is 0 Å². The molecular weight excluding hydrogens is 196 g/mol. The van der Waals surface area contributed by atoms with E-state index >= 15 is 0 Å². The van der Waals surface area contributed by atoms with Gasteiger partial charge >= 0.3 is 12.0 Å². The van der Waals surface area contributed by atoms with Crippen LogP contribution in [0.15, 0.2) is 0 Å². The molecule has 5 heteroatoms. The molecule has 5 nitrogen and oxygen atoms in total. The summed E-state index contributed by atoms with van der Waals surface area (Å²) in [5.41, 5.74) is 0. The lowest BCUT2D eigenvalue weighted by atomic mass is 10.2. The van der Waals surface area contributed by atoms with Crippen LogP contribution in [-0.2, 0) is 4.79 Å². The molecular formula is C10H20N2O3. The Kier molecular flexibility index (Phi) is 6.49. The molecule has 1 unspecified atom stereocenters. The van der Waals surface area contributed by atoms with Crippen LogP contribution in [0.25, 0.3) is 0 Å². The second kappa shape index (κ2) is 7.09. The van der Waals surface area contributed by atoms with E-state index in [9.17, 15) is 9.59 Å². The van der Waals surface area contributed by atoms with Gasteiger partial charge in [0.2, 0.25) is 0 Å². The van der Waals surface area contributed by atoms with Gasteiger partial charge in [-0.3, -0.25) is 4.79 Å². The third-order valence-electron chi connectivity index (χ3n) is 2.13. The molecule has 0 spiro atoms.